The Morgan fingerprint density at radius 3 is 2.95 bits per heavy atom. The van der Waals surface area contributed by atoms with Gasteiger partial charge in [-0.3, -0.25) is 14.9 Å². The van der Waals surface area contributed by atoms with Crippen LogP contribution in [0.1, 0.15) is 25.3 Å². The molecule has 2 atom stereocenters. The Balaban J connectivity index is 2.10. The number of non-ortho nitro benzene ring substituents is 1. The summed E-state index contributed by atoms with van der Waals surface area (Å²) in [4.78, 5) is 24.6. The summed E-state index contributed by atoms with van der Waals surface area (Å²) in [7, 11) is 0. The summed E-state index contributed by atoms with van der Waals surface area (Å²) in [5, 5.41) is 10.8. The van der Waals surface area contributed by atoms with Crippen LogP contribution in [0.3, 0.4) is 0 Å². The number of nitrogens with zero attached hydrogens (tertiary/aromatic N) is 2. The summed E-state index contributed by atoms with van der Waals surface area (Å²) in [5.74, 6) is 0.398. The monoisotopic (exact) mass is 291 g/mol. The SMILES string of the molecule is CC1CCCN(C(=O)Cc2cccc([N+](=O)[O-])c2)C1CN. The second-order valence-corrected chi connectivity index (χ2v) is 5.61. The minimum absolute atomic E-state index is 0.00232. The third-order valence-corrected chi connectivity index (χ3v) is 4.15. The van der Waals surface area contributed by atoms with E-state index in [4.69, 9.17) is 5.73 Å². The standard InChI is InChI=1S/C15H21N3O3/c1-11-4-3-7-17(14(11)10-16)15(19)9-12-5-2-6-13(8-12)18(20)21/h2,5-6,8,11,14H,3-4,7,9-10,16H2,1H3. The van der Waals surface area contributed by atoms with Crippen molar-refractivity contribution >= 4 is 11.6 Å². The predicted octanol–water partition coefficient (Wildman–Crippen LogP) is 1.72. The predicted molar refractivity (Wildman–Crippen MR) is 79.8 cm³/mol. The maximum Gasteiger partial charge on any atom is 0.269 e. The average molecular weight is 291 g/mol. The number of nitro groups is 1. The fourth-order valence-electron chi connectivity index (χ4n) is 2.97. The molecule has 1 aliphatic heterocycles. The molecule has 114 valence electrons. The smallest absolute Gasteiger partial charge is 0.269 e. The number of carbonyl (C=O) groups excluding carboxylic acids is 1. The Morgan fingerprint density at radius 1 is 1.52 bits per heavy atom. The maximum absolute atomic E-state index is 12.5. The second kappa shape index (κ2) is 6.67. The highest BCUT2D eigenvalue weighted by molar-refractivity contribution is 5.79. The lowest BCUT2D eigenvalue weighted by Crippen LogP contribution is -2.51. The van der Waals surface area contributed by atoms with Crippen LogP contribution in [0.15, 0.2) is 24.3 Å². The van der Waals surface area contributed by atoms with E-state index in [0.29, 0.717) is 18.0 Å². The summed E-state index contributed by atoms with van der Waals surface area (Å²) in [6.45, 7) is 3.30. The topological polar surface area (TPSA) is 89.5 Å². The van der Waals surface area contributed by atoms with Crippen LogP contribution >= 0.6 is 0 Å². The van der Waals surface area contributed by atoms with Crippen molar-refractivity contribution in [1.82, 2.24) is 4.90 Å². The van der Waals surface area contributed by atoms with Gasteiger partial charge in [0.1, 0.15) is 0 Å². The molecular formula is C15H21N3O3. The molecule has 0 bridgehead atoms. The molecule has 1 aromatic carbocycles. The molecule has 6 nitrogen and oxygen atoms in total. The molecule has 0 radical (unpaired) electrons. The molecule has 1 aromatic rings. The third kappa shape index (κ3) is 3.58. The van der Waals surface area contributed by atoms with Crippen molar-refractivity contribution in [3.63, 3.8) is 0 Å². The van der Waals surface area contributed by atoms with E-state index < -0.39 is 4.92 Å². The quantitative estimate of drug-likeness (QED) is 0.675. The Morgan fingerprint density at radius 2 is 2.29 bits per heavy atom. The lowest BCUT2D eigenvalue weighted by molar-refractivity contribution is -0.384. The first-order valence-electron chi connectivity index (χ1n) is 7.25. The van der Waals surface area contributed by atoms with E-state index >= 15 is 0 Å². The number of amides is 1. The van der Waals surface area contributed by atoms with Crippen LogP contribution in [0.25, 0.3) is 0 Å². The number of benzene rings is 1. The van der Waals surface area contributed by atoms with Gasteiger partial charge in [0.2, 0.25) is 5.91 Å². The van der Waals surface area contributed by atoms with Crippen molar-refractivity contribution in [1.29, 1.82) is 0 Å². The summed E-state index contributed by atoms with van der Waals surface area (Å²) in [6.07, 6.45) is 2.26. The van der Waals surface area contributed by atoms with Gasteiger partial charge in [-0.1, -0.05) is 19.1 Å². The number of rotatable bonds is 4. The van der Waals surface area contributed by atoms with E-state index in [-0.39, 0.29) is 24.1 Å². The van der Waals surface area contributed by atoms with Crippen molar-refractivity contribution in [2.24, 2.45) is 11.7 Å². The first-order chi connectivity index (χ1) is 10.0. The first kappa shape index (κ1) is 15.4. The fraction of sp³-hybridized carbons (Fsp3) is 0.533. The van der Waals surface area contributed by atoms with E-state index in [1.165, 1.54) is 12.1 Å². The van der Waals surface area contributed by atoms with Crippen LogP contribution in [-0.2, 0) is 11.2 Å². The van der Waals surface area contributed by atoms with Crippen LogP contribution in [0, 0.1) is 16.0 Å². The minimum atomic E-state index is -0.445. The number of nitrogens with two attached hydrogens (primary N) is 1. The summed E-state index contributed by atoms with van der Waals surface area (Å²) in [6, 6.07) is 6.32. The van der Waals surface area contributed by atoms with E-state index in [1.54, 1.807) is 12.1 Å². The molecule has 0 aliphatic carbocycles. The molecule has 1 fully saturated rings. The van der Waals surface area contributed by atoms with Crippen molar-refractivity contribution in [3.8, 4) is 0 Å². The van der Waals surface area contributed by atoms with E-state index in [0.717, 1.165) is 19.4 Å². The summed E-state index contributed by atoms with van der Waals surface area (Å²) in [5.41, 5.74) is 6.48. The highest BCUT2D eigenvalue weighted by atomic mass is 16.6. The number of hydrogen-bond acceptors (Lipinski definition) is 4. The molecule has 1 saturated heterocycles. The van der Waals surface area contributed by atoms with Crippen LogP contribution in [0.4, 0.5) is 5.69 Å². The molecule has 0 saturated carbocycles. The van der Waals surface area contributed by atoms with Crippen molar-refractivity contribution in [2.45, 2.75) is 32.2 Å². The normalized spacial score (nSPS) is 22.1. The molecule has 21 heavy (non-hydrogen) atoms. The van der Waals surface area contributed by atoms with Gasteiger partial charge in [0, 0.05) is 31.3 Å². The van der Waals surface area contributed by atoms with Crippen molar-refractivity contribution in [3.05, 3.63) is 39.9 Å². The van der Waals surface area contributed by atoms with E-state index in [1.807, 2.05) is 4.90 Å². The van der Waals surface area contributed by atoms with Crippen molar-refractivity contribution < 1.29 is 9.72 Å². The molecule has 2 rings (SSSR count). The molecule has 1 amide bonds. The Bertz CT molecular complexity index is 533. The molecule has 0 aromatic heterocycles. The first-order valence-corrected chi connectivity index (χ1v) is 7.25. The van der Waals surface area contributed by atoms with E-state index in [2.05, 4.69) is 6.92 Å². The largest absolute Gasteiger partial charge is 0.338 e. The zero-order valence-corrected chi connectivity index (χ0v) is 12.2. The zero-order valence-electron chi connectivity index (χ0n) is 12.2. The van der Waals surface area contributed by atoms with Crippen LogP contribution < -0.4 is 5.73 Å². The Labute approximate surface area is 124 Å². The highest BCUT2D eigenvalue weighted by Gasteiger charge is 2.30. The molecule has 1 heterocycles. The number of likely N-dealkylation sites (tertiary alicyclic amines) is 1. The molecule has 2 unspecified atom stereocenters. The molecule has 6 heteroatoms. The van der Waals surface area contributed by atoms with Gasteiger partial charge in [-0.25, -0.2) is 0 Å². The second-order valence-electron chi connectivity index (χ2n) is 5.61. The Hall–Kier alpha value is -1.95. The van der Waals surface area contributed by atoms with Crippen LogP contribution in [0.5, 0.6) is 0 Å². The van der Waals surface area contributed by atoms with Gasteiger partial charge in [-0.2, -0.15) is 0 Å². The van der Waals surface area contributed by atoms with Gasteiger partial charge in [0.05, 0.1) is 11.3 Å². The number of piperidine rings is 1. The fourth-order valence-corrected chi connectivity index (χ4v) is 2.97. The van der Waals surface area contributed by atoms with Crippen molar-refractivity contribution in [2.75, 3.05) is 13.1 Å². The summed E-state index contributed by atoms with van der Waals surface area (Å²) >= 11 is 0. The van der Waals surface area contributed by atoms with Gasteiger partial charge >= 0.3 is 0 Å². The number of carbonyl (C=O) groups is 1. The third-order valence-electron chi connectivity index (χ3n) is 4.15. The molecule has 2 N–H and O–H groups in total. The number of nitro benzene ring substituents is 1. The minimum Gasteiger partial charge on any atom is -0.338 e. The van der Waals surface area contributed by atoms with Gasteiger partial charge < -0.3 is 10.6 Å². The molecule has 1 aliphatic rings. The lowest BCUT2D eigenvalue weighted by atomic mass is 9.90. The van der Waals surface area contributed by atoms with Gasteiger partial charge in [0.15, 0.2) is 0 Å². The van der Waals surface area contributed by atoms with Crippen LogP contribution in [-0.4, -0.2) is 34.9 Å². The van der Waals surface area contributed by atoms with Gasteiger partial charge in [0.25, 0.3) is 5.69 Å². The zero-order chi connectivity index (χ0) is 15.4. The molecular weight excluding hydrogens is 270 g/mol. The Kier molecular flexibility index (Phi) is 4.90. The number of hydrogen-bond donors (Lipinski definition) is 1. The average Bonchev–Trinajstić information content (AvgIpc) is 2.47. The lowest BCUT2D eigenvalue weighted by Gasteiger charge is -2.39. The summed E-state index contributed by atoms with van der Waals surface area (Å²) < 4.78 is 0. The van der Waals surface area contributed by atoms with Gasteiger partial charge in [-0.15, -0.1) is 0 Å². The maximum atomic E-state index is 12.5. The van der Waals surface area contributed by atoms with Gasteiger partial charge in [-0.05, 0) is 24.3 Å². The highest BCUT2D eigenvalue weighted by Crippen LogP contribution is 2.23. The van der Waals surface area contributed by atoms with E-state index in [9.17, 15) is 14.9 Å². The van der Waals surface area contributed by atoms with Crippen LogP contribution in [0.2, 0.25) is 0 Å². The molecule has 0 spiro atoms.